The summed E-state index contributed by atoms with van der Waals surface area (Å²) in [4.78, 5) is 29.8. The Hall–Kier alpha value is -1.97. The van der Waals surface area contributed by atoms with E-state index in [1.165, 1.54) is 0 Å². The molecule has 1 amide bonds. The van der Waals surface area contributed by atoms with Gasteiger partial charge in [-0.05, 0) is 87.2 Å². The average molecular weight is 602 g/mol. The van der Waals surface area contributed by atoms with Gasteiger partial charge in [0.25, 0.3) is 5.69 Å². The number of amides is 1. The number of aromatic nitrogens is 1. The lowest BCUT2D eigenvalue weighted by molar-refractivity contribution is -0.384. The maximum atomic E-state index is 12.1. The molecule has 0 N–H and O–H groups in total. The van der Waals surface area contributed by atoms with Crippen LogP contribution in [0.15, 0.2) is 32.8 Å². The molecule has 2 aromatic rings. The van der Waals surface area contributed by atoms with Gasteiger partial charge in [0, 0.05) is 39.9 Å². The summed E-state index contributed by atoms with van der Waals surface area (Å²) in [6.45, 7) is 3.17. The van der Waals surface area contributed by atoms with Gasteiger partial charge >= 0.3 is 6.09 Å². The number of hydrogen-bond donors (Lipinski definition) is 0. The Bertz CT molecular complexity index is 1140. The predicted molar refractivity (Wildman–Crippen MR) is 136 cm³/mol. The van der Waals surface area contributed by atoms with Crippen molar-refractivity contribution in [2.75, 3.05) is 19.7 Å². The number of carbonyl (C=O) groups is 1. The number of nitrogens with zero attached hydrogens (tertiary/aromatic N) is 3. The minimum Gasteiger partial charge on any atom is -0.450 e. The molecule has 0 saturated carbocycles. The number of pyridine rings is 1. The Morgan fingerprint density at radius 1 is 1.24 bits per heavy atom. The van der Waals surface area contributed by atoms with Crippen molar-refractivity contribution in [3.8, 4) is 0 Å². The van der Waals surface area contributed by atoms with Gasteiger partial charge in [0.15, 0.2) is 0 Å². The number of hydrogen-bond acceptors (Lipinski definition) is 5. The molecule has 2 aliphatic rings. The van der Waals surface area contributed by atoms with E-state index in [-0.39, 0.29) is 24.2 Å². The maximum absolute atomic E-state index is 12.1. The van der Waals surface area contributed by atoms with Crippen molar-refractivity contribution in [1.29, 1.82) is 0 Å². The zero-order chi connectivity index (χ0) is 23.0. The van der Waals surface area contributed by atoms with Crippen molar-refractivity contribution in [3.63, 3.8) is 0 Å². The normalized spacial score (nSPS) is 15.2. The highest BCUT2D eigenvalue weighted by atomic mass is 79.9. The highest BCUT2D eigenvalue weighted by molar-refractivity contribution is 9.10. The Morgan fingerprint density at radius 3 is 2.58 bits per heavy atom. The van der Waals surface area contributed by atoms with Crippen LogP contribution in [0, 0.1) is 10.1 Å². The summed E-state index contributed by atoms with van der Waals surface area (Å²) >= 11 is 13.4. The van der Waals surface area contributed by atoms with Crippen molar-refractivity contribution in [3.05, 3.63) is 70.4 Å². The van der Waals surface area contributed by atoms with Crippen molar-refractivity contribution >= 4 is 60.8 Å². The Morgan fingerprint density at radius 2 is 1.94 bits per heavy atom. The van der Waals surface area contributed by atoms with Crippen molar-refractivity contribution < 1.29 is 14.5 Å². The highest BCUT2D eigenvalue weighted by Crippen LogP contribution is 2.45. The fraction of sp³-hybridized carbons (Fsp3) is 0.391. The summed E-state index contributed by atoms with van der Waals surface area (Å²) in [5.41, 5.74) is 5.50. The van der Waals surface area contributed by atoms with Gasteiger partial charge in [0.2, 0.25) is 0 Å². The van der Waals surface area contributed by atoms with Crippen LogP contribution in [-0.4, -0.2) is 40.6 Å². The summed E-state index contributed by atoms with van der Waals surface area (Å²) in [5.74, 6) is 0. The number of likely N-dealkylation sites (tertiary alicyclic amines) is 1. The molecule has 1 aliphatic heterocycles. The number of rotatable bonds is 2. The standard InChI is InChI=1S/C22H20Br2ClN3O4.CH4/c1-2-32-22(29)27-7-5-12(6-8-27)18-16-10-17(28(30)31)20(25)19(24)15(16)4-3-13-9-14(23)11-26-21(13)18;/h9-11H,2-8H2,1H3;1H4. The van der Waals surface area contributed by atoms with Crippen LogP contribution in [0.3, 0.4) is 0 Å². The van der Waals surface area contributed by atoms with Gasteiger partial charge in [0.1, 0.15) is 5.02 Å². The number of aryl methyl sites for hydroxylation is 1. The summed E-state index contributed by atoms with van der Waals surface area (Å²) in [6, 6.07) is 3.62. The largest absolute Gasteiger partial charge is 0.450 e. The van der Waals surface area contributed by atoms with Crippen LogP contribution in [0.1, 0.15) is 49.6 Å². The number of carbonyl (C=O) groups excluding carboxylic acids is 1. The molecule has 1 saturated heterocycles. The molecule has 0 bridgehead atoms. The molecule has 4 rings (SSSR count). The predicted octanol–water partition coefficient (Wildman–Crippen LogP) is 6.96. The maximum Gasteiger partial charge on any atom is 0.409 e. The Labute approximate surface area is 214 Å². The quantitative estimate of drug-likeness (QED) is 0.275. The van der Waals surface area contributed by atoms with Gasteiger partial charge in [-0.25, -0.2) is 4.79 Å². The smallest absolute Gasteiger partial charge is 0.409 e. The second kappa shape index (κ2) is 10.5. The second-order valence-corrected chi connectivity index (χ2v) is 9.72. The van der Waals surface area contributed by atoms with E-state index in [1.807, 2.05) is 6.07 Å². The van der Waals surface area contributed by atoms with Gasteiger partial charge in [-0.3, -0.25) is 15.1 Å². The van der Waals surface area contributed by atoms with Gasteiger partial charge in [0.05, 0.1) is 17.2 Å². The first-order valence-electron chi connectivity index (χ1n) is 10.3. The van der Waals surface area contributed by atoms with Gasteiger partial charge in [-0.15, -0.1) is 0 Å². The van der Waals surface area contributed by atoms with Crippen LogP contribution >= 0.6 is 43.5 Å². The van der Waals surface area contributed by atoms with E-state index in [0.29, 0.717) is 43.4 Å². The lowest BCUT2D eigenvalue weighted by Gasteiger charge is -2.29. The molecule has 1 aliphatic carbocycles. The molecular weight excluding hydrogens is 578 g/mol. The zero-order valence-corrected chi connectivity index (χ0v) is 21.2. The van der Waals surface area contributed by atoms with Gasteiger partial charge in [-0.1, -0.05) is 24.6 Å². The van der Waals surface area contributed by atoms with Crippen molar-refractivity contribution in [1.82, 2.24) is 9.88 Å². The van der Waals surface area contributed by atoms with Crippen molar-refractivity contribution in [2.24, 2.45) is 0 Å². The van der Waals surface area contributed by atoms with Crippen LogP contribution in [-0.2, 0) is 17.6 Å². The van der Waals surface area contributed by atoms with Crippen LogP contribution in [0.4, 0.5) is 10.5 Å². The lowest BCUT2D eigenvalue weighted by atomic mass is 9.88. The molecule has 33 heavy (non-hydrogen) atoms. The second-order valence-electron chi connectivity index (χ2n) is 7.63. The first-order valence-corrected chi connectivity index (χ1v) is 12.2. The van der Waals surface area contributed by atoms with E-state index >= 15 is 0 Å². The van der Waals surface area contributed by atoms with Gasteiger partial charge in [-0.2, -0.15) is 0 Å². The molecular formula is C23H24Br2ClN3O4. The van der Waals surface area contributed by atoms with E-state index in [9.17, 15) is 14.9 Å². The number of halogens is 3. The van der Waals surface area contributed by atoms with Crippen LogP contribution in [0.25, 0.3) is 5.57 Å². The molecule has 2 heterocycles. The molecule has 10 heteroatoms. The molecule has 7 nitrogen and oxygen atoms in total. The molecule has 0 atom stereocenters. The SMILES string of the molecule is C.CCOC(=O)N1CCC(=C2c3cc([N+](=O)[O-])c(Cl)c(Br)c3CCc3cc(Br)cnc32)CC1. The third kappa shape index (κ3) is 4.95. The Balaban J connectivity index is 0.00000306. The summed E-state index contributed by atoms with van der Waals surface area (Å²) in [5, 5.41) is 11.8. The van der Waals surface area contributed by atoms with E-state index < -0.39 is 4.92 Å². The summed E-state index contributed by atoms with van der Waals surface area (Å²) in [6.07, 6.45) is 4.11. The van der Waals surface area contributed by atoms with E-state index in [2.05, 4.69) is 31.9 Å². The fourth-order valence-electron chi connectivity index (χ4n) is 4.32. The monoisotopic (exact) mass is 599 g/mol. The zero-order valence-electron chi connectivity index (χ0n) is 17.3. The molecule has 0 unspecified atom stereocenters. The van der Waals surface area contributed by atoms with Crippen LogP contribution in [0.2, 0.25) is 5.02 Å². The van der Waals surface area contributed by atoms with Crippen LogP contribution in [0.5, 0.6) is 0 Å². The highest BCUT2D eigenvalue weighted by Gasteiger charge is 2.31. The van der Waals surface area contributed by atoms with E-state index in [0.717, 1.165) is 44.4 Å². The minimum atomic E-state index is -0.458. The number of fused-ring (bicyclic) bond motifs is 2. The molecule has 1 fully saturated rings. The first-order chi connectivity index (χ1) is 15.3. The molecule has 176 valence electrons. The number of nitro groups is 1. The molecule has 1 aromatic heterocycles. The topological polar surface area (TPSA) is 85.6 Å². The molecule has 1 aromatic carbocycles. The number of ether oxygens (including phenoxy) is 1. The number of piperidine rings is 1. The average Bonchev–Trinajstić information content (AvgIpc) is 2.92. The van der Waals surface area contributed by atoms with Crippen molar-refractivity contribution in [2.45, 2.75) is 40.0 Å². The third-order valence-electron chi connectivity index (χ3n) is 5.82. The number of benzene rings is 1. The Kier molecular flexibility index (Phi) is 8.18. The molecule has 0 spiro atoms. The van der Waals surface area contributed by atoms with E-state index in [1.54, 1.807) is 24.1 Å². The minimum absolute atomic E-state index is 0. The molecule has 0 radical (unpaired) electrons. The number of nitro benzene ring substituents is 1. The van der Waals surface area contributed by atoms with E-state index in [4.69, 9.17) is 21.3 Å². The lowest BCUT2D eigenvalue weighted by Crippen LogP contribution is -2.37. The van der Waals surface area contributed by atoms with Gasteiger partial charge < -0.3 is 9.64 Å². The summed E-state index contributed by atoms with van der Waals surface area (Å²) in [7, 11) is 0. The third-order valence-corrected chi connectivity index (χ3v) is 7.74. The first kappa shape index (κ1) is 25.6. The van der Waals surface area contributed by atoms with Crippen LogP contribution < -0.4 is 0 Å². The summed E-state index contributed by atoms with van der Waals surface area (Å²) < 4.78 is 6.57. The fourth-order valence-corrected chi connectivity index (χ4v) is 5.55.